The summed E-state index contributed by atoms with van der Waals surface area (Å²) in [6.07, 6.45) is 1.89. The van der Waals surface area contributed by atoms with Gasteiger partial charge in [0, 0.05) is 7.05 Å². The van der Waals surface area contributed by atoms with Gasteiger partial charge in [0.05, 0.1) is 17.2 Å². The maximum Gasteiger partial charge on any atom is 0.266 e. The van der Waals surface area contributed by atoms with Crippen LogP contribution in [0.15, 0.2) is 58.4 Å². The maximum atomic E-state index is 12.5. The zero-order chi connectivity index (χ0) is 17.8. The van der Waals surface area contributed by atoms with E-state index in [-0.39, 0.29) is 5.91 Å². The molecule has 2 aromatic rings. The number of rotatable bonds is 4. The molecule has 5 heteroatoms. The Bertz CT molecular complexity index is 824. The van der Waals surface area contributed by atoms with Gasteiger partial charge in [0.1, 0.15) is 5.75 Å². The largest absolute Gasteiger partial charge is 0.494 e. The molecule has 0 radical (unpaired) electrons. The average Bonchev–Trinajstić information content (AvgIpc) is 2.87. The Morgan fingerprint density at radius 1 is 1.12 bits per heavy atom. The van der Waals surface area contributed by atoms with Gasteiger partial charge in [-0.25, -0.2) is 4.99 Å². The molecule has 1 amide bonds. The standard InChI is InChI=1S/C20H20N2O2S/c1-4-24-17-11-7-15(8-12-17)13-18-19(23)22(3)20(25-18)21-16-9-5-14(2)6-10-16/h5-13H,4H2,1-3H3/b18-13+,21-20?. The van der Waals surface area contributed by atoms with Gasteiger partial charge in [-0.05, 0) is 61.5 Å². The molecule has 0 N–H and O–H groups in total. The number of likely N-dealkylation sites (N-methyl/N-ethyl adjacent to an activating group) is 1. The third-order valence-corrected chi connectivity index (χ3v) is 4.81. The first-order valence-electron chi connectivity index (χ1n) is 8.12. The third-order valence-electron chi connectivity index (χ3n) is 3.75. The van der Waals surface area contributed by atoms with E-state index in [1.807, 2.05) is 68.5 Å². The molecule has 1 saturated heterocycles. The van der Waals surface area contributed by atoms with Crippen molar-refractivity contribution in [1.82, 2.24) is 4.90 Å². The molecule has 1 heterocycles. The predicted octanol–water partition coefficient (Wildman–Crippen LogP) is 4.63. The summed E-state index contributed by atoms with van der Waals surface area (Å²) in [5.41, 5.74) is 2.99. The molecule has 0 saturated carbocycles. The van der Waals surface area contributed by atoms with Crippen molar-refractivity contribution in [3.8, 4) is 5.75 Å². The van der Waals surface area contributed by atoms with Crippen LogP contribution in [-0.2, 0) is 4.79 Å². The molecular weight excluding hydrogens is 332 g/mol. The fourth-order valence-electron chi connectivity index (χ4n) is 2.36. The quantitative estimate of drug-likeness (QED) is 0.754. The molecule has 0 aromatic heterocycles. The summed E-state index contributed by atoms with van der Waals surface area (Å²) in [4.78, 5) is 19.3. The van der Waals surface area contributed by atoms with E-state index in [4.69, 9.17) is 4.74 Å². The van der Waals surface area contributed by atoms with Crippen LogP contribution in [-0.4, -0.2) is 29.6 Å². The van der Waals surface area contributed by atoms with Crippen molar-refractivity contribution in [2.45, 2.75) is 13.8 Å². The van der Waals surface area contributed by atoms with E-state index in [1.165, 1.54) is 17.3 Å². The Morgan fingerprint density at radius 2 is 1.80 bits per heavy atom. The Hall–Kier alpha value is -2.53. The Balaban J connectivity index is 1.81. The molecule has 2 aromatic carbocycles. The SMILES string of the molecule is CCOc1ccc(/C=C2/SC(=Nc3ccc(C)cc3)N(C)C2=O)cc1. The lowest BCUT2D eigenvalue weighted by molar-refractivity contribution is -0.121. The summed E-state index contributed by atoms with van der Waals surface area (Å²) in [5.74, 6) is 0.790. The molecule has 0 unspecified atom stereocenters. The topological polar surface area (TPSA) is 41.9 Å². The van der Waals surface area contributed by atoms with Crippen LogP contribution >= 0.6 is 11.8 Å². The van der Waals surface area contributed by atoms with Crippen molar-refractivity contribution in [3.63, 3.8) is 0 Å². The minimum atomic E-state index is -0.0373. The number of carbonyl (C=O) groups excluding carboxylic acids is 1. The number of carbonyl (C=O) groups is 1. The van der Waals surface area contributed by atoms with Crippen molar-refractivity contribution in [2.24, 2.45) is 4.99 Å². The lowest BCUT2D eigenvalue weighted by Gasteiger charge is -2.07. The second kappa shape index (κ2) is 7.57. The number of thioether (sulfide) groups is 1. The first kappa shape index (κ1) is 17.3. The lowest BCUT2D eigenvalue weighted by atomic mass is 10.2. The number of nitrogens with zero attached hydrogens (tertiary/aromatic N) is 2. The summed E-state index contributed by atoms with van der Waals surface area (Å²) in [5, 5.41) is 0.686. The summed E-state index contributed by atoms with van der Waals surface area (Å²) >= 11 is 1.39. The van der Waals surface area contributed by atoms with Gasteiger partial charge in [-0.3, -0.25) is 9.69 Å². The molecule has 0 atom stereocenters. The van der Waals surface area contributed by atoms with Crippen LogP contribution in [0.5, 0.6) is 5.75 Å². The monoisotopic (exact) mass is 352 g/mol. The summed E-state index contributed by atoms with van der Waals surface area (Å²) in [6.45, 7) is 4.63. The molecule has 1 fully saturated rings. The summed E-state index contributed by atoms with van der Waals surface area (Å²) in [7, 11) is 1.75. The number of aliphatic imine (C=N–C) groups is 1. The van der Waals surface area contributed by atoms with Crippen LogP contribution < -0.4 is 4.74 Å². The van der Waals surface area contributed by atoms with Crippen LogP contribution in [0.1, 0.15) is 18.1 Å². The number of amides is 1. The number of benzene rings is 2. The van der Waals surface area contributed by atoms with Crippen molar-refractivity contribution in [3.05, 3.63) is 64.6 Å². The molecule has 0 spiro atoms. The van der Waals surface area contributed by atoms with E-state index in [0.717, 1.165) is 17.0 Å². The van der Waals surface area contributed by atoms with Gasteiger partial charge in [-0.1, -0.05) is 29.8 Å². The molecule has 0 aliphatic carbocycles. The number of ether oxygens (including phenoxy) is 1. The van der Waals surface area contributed by atoms with E-state index in [2.05, 4.69) is 4.99 Å². The lowest BCUT2D eigenvalue weighted by Crippen LogP contribution is -2.23. The zero-order valence-corrected chi connectivity index (χ0v) is 15.3. The van der Waals surface area contributed by atoms with Crippen molar-refractivity contribution >= 4 is 34.6 Å². The van der Waals surface area contributed by atoms with Gasteiger partial charge in [0.15, 0.2) is 5.17 Å². The Kier molecular flexibility index (Phi) is 5.24. The van der Waals surface area contributed by atoms with Crippen molar-refractivity contribution in [1.29, 1.82) is 0 Å². The van der Waals surface area contributed by atoms with Crippen LogP contribution in [0.2, 0.25) is 0 Å². The average molecular weight is 352 g/mol. The maximum absolute atomic E-state index is 12.5. The highest BCUT2D eigenvalue weighted by atomic mass is 32.2. The molecule has 4 nitrogen and oxygen atoms in total. The third kappa shape index (κ3) is 4.12. The van der Waals surface area contributed by atoms with E-state index in [1.54, 1.807) is 11.9 Å². The van der Waals surface area contributed by atoms with E-state index < -0.39 is 0 Å². The Morgan fingerprint density at radius 3 is 2.44 bits per heavy atom. The molecule has 3 rings (SSSR count). The summed E-state index contributed by atoms with van der Waals surface area (Å²) < 4.78 is 5.44. The number of aryl methyl sites for hydroxylation is 1. The first-order chi connectivity index (χ1) is 12.1. The molecule has 25 heavy (non-hydrogen) atoms. The van der Waals surface area contributed by atoms with E-state index in [9.17, 15) is 4.79 Å². The number of hydrogen-bond acceptors (Lipinski definition) is 4. The number of hydrogen-bond donors (Lipinski definition) is 0. The summed E-state index contributed by atoms with van der Waals surface area (Å²) in [6, 6.07) is 15.6. The minimum absolute atomic E-state index is 0.0373. The van der Waals surface area contributed by atoms with Gasteiger partial charge in [0.2, 0.25) is 0 Å². The van der Waals surface area contributed by atoms with Crippen LogP contribution in [0.3, 0.4) is 0 Å². The van der Waals surface area contributed by atoms with Crippen molar-refractivity contribution in [2.75, 3.05) is 13.7 Å². The minimum Gasteiger partial charge on any atom is -0.494 e. The Labute approximate surface area is 152 Å². The van der Waals surface area contributed by atoms with Gasteiger partial charge >= 0.3 is 0 Å². The second-order valence-electron chi connectivity index (χ2n) is 5.71. The zero-order valence-electron chi connectivity index (χ0n) is 14.5. The number of amidine groups is 1. The smallest absolute Gasteiger partial charge is 0.266 e. The van der Waals surface area contributed by atoms with E-state index >= 15 is 0 Å². The van der Waals surface area contributed by atoms with Crippen LogP contribution in [0.4, 0.5) is 5.69 Å². The fraction of sp³-hybridized carbons (Fsp3) is 0.200. The van der Waals surface area contributed by atoms with Crippen molar-refractivity contribution < 1.29 is 9.53 Å². The molecular formula is C20H20N2O2S. The van der Waals surface area contributed by atoms with Crippen LogP contribution in [0.25, 0.3) is 6.08 Å². The predicted molar refractivity (Wildman–Crippen MR) is 104 cm³/mol. The van der Waals surface area contributed by atoms with Gasteiger partial charge in [-0.15, -0.1) is 0 Å². The highest BCUT2D eigenvalue weighted by molar-refractivity contribution is 8.18. The van der Waals surface area contributed by atoms with Crippen LogP contribution in [0, 0.1) is 6.92 Å². The normalized spacial score (nSPS) is 17.6. The van der Waals surface area contributed by atoms with Gasteiger partial charge in [-0.2, -0.15) is 0 Å². The fourth-order valence-corrected chi connectivity index (χ4v) is 3.35. The highest BCUT2D eigenvalue weighted by Crippen LogP contribution is 2.33. The molecule has 1 aliphatic rings. The highest BCUT2D eigenvalue weighted by Gasteiger charge is 2.30. The molecule has 1 aliphatic heterocycles. The molecule has 0 bridgehead atoms. The van der Waals surface area contributed by atoms with Gasteiger partial charge < -0.3 is 4.74 Å². The first-order valence-corrected chi connectivity index (χ1v) is 8.94. The van der Waals surface area contributed by atoms with E-state index in [0.29, 0.717) is 16.7 Å². The van der Waals surface area contributed by atoms with Gasteiger partial charge in [0.25, 0.3) is 5.91 Å². The second-order valence-corrected chi connectivity index (χ2v) is 6.72. The molecule has 128 valence electrons.